The standard InChI is InChI=1S/C19H22N4/c1-23(2)18-8-6-15(7-9-18)13-20-14-16-4-3-5-17(12-16)19-10-11-21-22-19/h3-12,20H,13-14H2,1-2H3,(H,21,22). The van der Waals surface area contributed by atoms with E-state index in [-0.39, 0.29) is 0 Å². The van der Waals surface area contributed by atoms with Gasteiger partial charge in [-0.1, -0.05) is 30.3 Å². The molecule has 0 saturated heterocycles. The lowest BCUT2D eigenvalue weighted by Crippen LogP contribution is -2.13. The zero-order valence-electron chi connectivity index (χ0n) is 13.6. The Labute approximate surface area is 137 Å². The molecule has 2 aromatic carbocycles. The number of benzene rings is 2. The number of H-pyrrole nitrogens is 1. The van der Waals surface area contributed by atoms with Gasteiger partial charge in [-0.05, 0) is 35.4 Å². The minimum Gasteiger partial charge on any atom is -0.378 e. The molecule has 0 aliphatic carbocycles. The lowest BCUT2D eigenvalue weighted by atomic mass is 10.1. The highest BCUT2D eigenvalue weighted by Gasteiger charge is 2.01. The van der Waals surface area contributed by atoms with Gasteiger partial charge in [0.25, 0.3) is 0 Å². The normalized spacial score (nSPS) is 10.7. The largest absolute Gasteiger partial charge is 0.378 e. The van der Waals surface area contributed by atoms with Crippen molar-refractivity contribution in [1.82, 2.24) is 15.5 Å². The first kappa shape index (κ1) is 15.3. The summed E-state index contributed by atoms with van der Waals surface area (Å²) in [6.07, 6.45) is 1.84. The van der Waals surface area contributed by atoms with Crippen LogP contribution in [0.3, 0.4) is 0 Å². The van der Waals surface area contributed by atoms with Gasteiger partial charge in [0.15, 0.2) is 0 Å². The second kappa shape index (κ2) is 7.11. The Morgan fingerprint density at radius 3 is 2.43 bits per heavy atom. The molecule has 1 heterocycles. The summed E-state index contributed by atoms with van der Waals surface area (Å²) in [5.74, 6) is 0. The lowest BCUT2D eigenvalue weighted by Gasteiger charge is -2.13. The van der Waals surface area contributed by atoms with Crippen LogP contribution in [-0.2, 0) is 13.1 Å². The van der Waals surface area contributed by atoms with Gasteiger partial charge in [-0.25, -0.2) is 0 Å². The van der Waals surface area contributed by atoms with Crippen LogP contribution in [0, 0.1) is 0 Å². The molecular weight excluding hydrogens is 284 g/mol. The number of hydrogen-bond donors (Lipinski definition) is 2. The van der Waals surface area contributed by atoms with Gasteiger partial charge >= 0.3 is 0 Å². The van der Waals surface area contributed by atoms with Crippen LogP contribution in [0.4, 0.5) is 5.69 Å². The van der Waals surface area contributed by atoms with Crippen molar-refractivity contribution in [3.8, 4) is 11.3 Å². The Kier molecular flexibility index (Phi) is 4.74. The van der Waals surface area contributed by atoms with Crippen molar-refractivity contribution in [1.29, 1.82) is 0 Å². The maximum absolute atomic E-state index is 4.23. The Hall–Kier alpha value is -2.59. The summed E-state index contributed by atoms with van der Waals surface area (Å²) in [7, 11) is 4.11. The Morgan fingerprint density at radius 1 is 0.957 bits per heavy atom. The van der Waals surface area contributed by atoms with E-state index in [1.54, 1.807) is 0 Å². The minimum atomic E-state index is 0.841. The molecule has 1 aromatic heterocycles. The van der Waals surface area contributed by atoms with Gasteiger partial charge < -0.3 is 10.2 Å². The third kappa shape index (κ3) is 3.99. The maximum atomic E-state index is 4.23. The SMILES string of the molecule is CN(C)c1ccc(CNCc2cccc(-c3cc[nH]n3)c2)cc1. The molecule has 0 saturated carbocycles. The molecule has 118 valence electrons. The van der Waals surface area contributed by atoms with Crippen molar-refractivity contribution in [2.24, 2.45) is 0 Å². The molecule has 23 heavy (non-hydrogen) atoms. The summed E-state index contributed by atoms with van der Waals surface area (Å²) in [6.45, 7) is 1.70. The second-order valence-corrected chi connectivity index (χ2v) is 5.82. The summed E-state index contributed by atoms with van der Waals surface area (Å²) in [5, 5.41) is 10.6. The van der Waals surface area contributed by atoms with E-state index in [0.717, 1.165) is 24.3 Å². The van der Waals surface area contributed by atoms with E-state index in [4.69, 9.17) is 0 Å². The summed E-state index contributed by atoms with van der Waals surface area (Å²) >= 11 is 0. The second-order valence-electron chi connectivity index (χ2n) is 5.82. The first-order valence-corrected chi connectivity index (χ1v) is 7.78. The smallest absolute Gasteiger partial charge is 0.0920 e. The highest BCUT2D eigenvalue weighted by Crippen LogP contribution is 2.17. The fraction of sp³-hybridized carbons (Fsp3) is 0.211. The van der Waals surface area contributed by atoms with Gasteiger partial charge in [-0.15, -0.1) is 0 Å². The van der Waals surface area contributed by atoms with E-state index in [0.29, 0.717) is 0 Å². The molecule has 3 rings (SSSR count). The van der Waals surface area contributed by atoms with E-state index in [9.17, 15) is 0 Å². The molecule has 4 heteroatoms. The van der Waals surface area contributed by atoms with Gasteiger partial charge in [0.2, 0.25) is 0 Å². The average Bonchev–Trinajstić information content (AvgIpc) is 3.10. The molecule has 0 spiro atoms. The molecule has 0 radical (unpaired) electrons. The fourth-order valence-corrected chi connectivity index (χ4v) is 2.52. The van der Waals surface area contributed by atoms with Crippen molar-refractivity contribution in [3.05, 3.63) is 71.9 Å². The number of nitrogens with one attached hydrogen (secondary N) is 2. The minimum absolute atomic E-state index is 0.841. The Morgan fingerprint density at radius 2 is 1.74 bits per heavy atom. The highest BCUT2D eigenvalue weighted by molar-refractivity contribution is 5.59. The van der Waals surface area contributed by atoms with Gasteiger partial charge in [-0.2, -0.15) is 5.10 Å². The lowest BCUT2D eigenvalue weighted by molar-refractivity contribution is 0.693. The first-order chi connectivity index (χ1) is 11.2. The van der Waals surface area contributed by atoms with Crippen LogP contribution in [0.1, 0.15) is 11.1 Å². The zero-order chi connectivity index (χ0) is 16.1. The molecule has 0 bridgehead atoms. The van der Waals surface area contributed by atoms with Crippen molar-refractivity contribution in [2.45, 2.75) is 13.1 Å². The van der Waals surface area contributed by atoms with Crippen LogP contribution < -0.4 is 10.2 Å². The molecule has 4 nitrogen and oxygen atoms in total. The summed E-state index contributed by atoms with van der Waals surface area (Å²) < 4.78 is 0. The maximum Gasteiger partial charge on any atom is 0.0920 e. The fourth-order valence-electron chi connectivity index (χ4n) is 2.52. The number of nitrogens with zero attached hydrogens (tertiary/aromatic N) is 2. The van der Waals surface area contributed by atoms with Crippen LogP contribution in [0.15, 0.2) is 60.8 Å². The third-order valence-electron chi connectivity index (χ3n) is 3.83. The van der Waals surface area contributed by atoms with Gasteiger partial charge in [0.05, 0.1) is 5.69 Å². The van der Waals surface area contributed by atoms with E-state index in [1.807, 2.05) is 12.3 Å². The molecular formula is C19H22N4. The number of hydrogen-bond acceptors (Lipinski definition) is 3. The molecule has 2 N–H and O–H groups in total. The molecule has 0 fully saturated rings. The van der Waals surface area contributed by atoms with Crippen LogP contribution >= 0.6 is 0 Å². The zero-order valence-corrected chi connectivity index (χ0v) is 13.6. The number of rotatable bonds is 6. The predicted octanol–water partition coefficient (Wildman–Crippen LogP) is 3.43. The quantitative estimate of drug-likeness (QED) is 0.733. The van der Waals surface area contributed by atoms with E-state index in [2.05, 4.69) is 83.0 Å². The van der Waals surface area contributed by atoms with Crippen LogP contribution in [0.5, 0.6) is 0 Å². The predicted molar refractivity (Wildman–Crippen MR) is 95.3 cm³/mol. The van der Waals surface area contributed by atoms with E-state index < -0.39 is 0 Å². The molecule has 0 aliphatic heterocycles. The molecule has 3 aromatic rings. The van der Waals surface area contributed by atoms with Crippen molar-refractivity contribution in [3.63, 3.8) is 0 Å². The van der Waals surface area contributed by atoms with Crippen LogP contribution in [-0.4, -0.2) is 24.3 Å². The number of aromatic nitrogens is 2. The molecule has 0 atom stereocenters. The average molecular weight is 306 g/mol. The van der Waals surface area contributed by atoms with Crippen LogP contribution in [0.25, 0.3) is 11.3 Å². The van der Waals surface area contributed by atoms with Crippen molar-refractivity contribution in [2.75, 3.05) is 19.0 Å². The topological polar surface area (TPSA) is 44.0 Å². The molecule has 0 aliphatic rings. The van der Waals surface area contributed by atoms with Crippen molar-refractivity contribution >= 4 is 5.69 Å². The molecule has 0 amide bonds. The van der Waals surface area contributed by atoms with Gasteiger partial charge in [-0.3, -0.25) is 5.10 Å². The van der Waals surface area contributed by atoms with Crippen molar-refractivity contribution < 1.29 is 0 Å². The summed E-state index contributed by atoms with van der Waals surface area (Å²) in [6, 6.07) is 19.1. The van der Waals surface area contributed by atoms with E-state index in [1.165, 1.54) is 16.8 Å². The molecule has 0 unspecified atom stereocenters. The first-order valence-electron chi connectivity index (χ1n) is 7.78. The Bertz CT molecular complexity index is 730. The number of aromatic amines is 1. The third-order valence-corrected chi connectivity index (χ3v) is 3.83. The summed E-state index contributed by atoms with van der Waals surface area (Å²) in [4.78, 5) is 2.11. The van der Waals surface area contributed by atoms with Gasteiger partial charge in [0, 0.05) is 44.6 Å². The highest BCUT2D eigenvalue weighted by atomic mass is 15.1. The van der Waals surface area contributed by atoms with Crippen LogP contribution in [0.2, 0.25) is 0 Å². The van der Waals surface area contributed by atoms with Gasteiger partial charge in [0.1, 0.15) is 0 Å². The summed E-state index contributed by atoms with van der Waals surface area (Å²) in [5.41, 5.74) is 5.89. The number of anilines is 1. The van der Waals surface area contributed by atoms with E-state index >= 15 is 0 Å². The Balaban J connectivity index is 1.57. The monoisotopic (exact) mass is 306 g/mol.